The fraction of sp³-hybridized carbons (Fsp3) is 0.185. The summed E-state index contributed by atoms with van der Waals surface area (Å²) in [5.74, 6) is -0.903. The van der Waals surface area contributed by atoms with E-state index in [9.17, 15) is 18.8 Å². The minimum atomic E-state index is -0.765. The van der Waals surface area contributed by atoms with E-state index < -0.39 is 17.8 Å². The number of imide groups is 1. The summed E-state index contributed by atoms with van der Waals surface area (Å²) in [6.45, 7) is 1.49. The molecule has 0 atom stereocenters. The molecule has 1 aliphatic heterocycles. The number of pyridine rings is 1. The van der Waals surface area contributed by atoms with Crippen molar-refractivity contribution in [3.8, 4) is 11.5 Å². The fourth-order valence-electron chi connectivity index (χ4n) is 4.07. The van der Waals surface area contributed by atoms with E-state index in [2.05, 4.69) is 15.6 Å². The zero-order chi connectivity index (χ0) is 25.8. The molecule has 0 saturated carbocycles. The molecule has 0 spiro atoms. The van der Waals surface area contributed by atoms with Crippen LogP contribution in [-0.2, 0) is 11.2 Å². The molecule has 4 aromatic rings. The second-order valence-electron chi connectivity index (χ2n) is 8.55. The summed E-state index contributed by atoms with van der Waals surface area (Å²) >= 11 is 1.26. The second kappa shape index (κ2) is 10.8. The maximum Gasteiger partial charge on any atom is 0.325 e. The number of carbonyl (C=O) groups is 3. The van der Waals surface area contributed by atoms with Gasteiger partial charge in [0.1, 0.15) is 5.75 Å². The zero-order valence-corrected chi connectivity index (χ0v) is 20.5. The van der Waals surface area contributed by atoms with E-state index in [1.165, 1.54) is 23.5 Å². The molecular weight excluding hydrogens is 495 g/mol. The molecule has 1 fully saturated rings. The van der Waals surface area contributed by atoms with Gasteiger partial charge >= 0.3 is 6.03 Å². The summed E-state index contributed by atoms with van der Waals surface area (Å²) in [4.78, 5) is 43.7. The van der Waals surface area contributed by atoms with Gasteiger partial charge < -0.3 is 15.0 Å². The van der Waals surface area contributed by atoms with Gasteiger partial charge in [0.05, 0.1) is 21.5 Å². The van der Waals surface area contributed by atoms with Crippen LogP contribution in [0.15, 0.2) is 66.9 Å². The molecule has 2 N–H and O–H groups in total. The Hall–Kier alpha value is -4.31. The standard InChI is InChI=1S/C27H23FN4O4S/c28-19-15-18(30-27(35)31-24(33)14-17-6-2-1-3-7-17)8-9-21(19)36-22-10-11-29-20-16-23(37-25(20)22)26(34)32-12-4-5-13-32/h1-3,6-11,15-16H,4-5,12-14H2,(H2,30,31,33,35). The van der Waals surface area contributed by atoms with Crippen LogP contribution in [0.2, 0.25) is 0 Å². The number of hydrogen-bond acceptors (Lipinski definition) is 6. The highest BCUT2D eigenvalue weighted by Crippen LogP contribution is 2.36. The van der Waals surface area contributed by atoms with Crippen LogP contribution in [0.25, 0.3) is 10.2 Å². The molecule has 10 heteroatoms. The molecule has 0 radical (unpaired) electrons. The number of halogens is 1. The average Bonchev–Trinajstić information content (AvgIpc) is 3.57. The van der Waals surface area contributed by atoms with E-state index in [1.807, 2.05) is 11.0 Å². The largest absolute Gasteiger partial charge is 0.453 e. The van der Waals surface area contributed by atoms with Crippen LogP contribution in [-0.4, -0.2) is 40.8 Å². The summed E-state index contributed by atoms with van der Waals surface area (Å²) in [5.41, 5.74) is 1.52. The van der Waals surface area contributed by atoms with Gasteiger partial charge in [0.2, 0.25) is 5.91 Å². The molecule has 0 unspecified atom stereocenters. The quantitative estimate of drug-likeness (QED) is 0.358. The van der Waals surface area contributed by atoms with Crippen LogP contribution >= 0.6 is 11.3 Å². The number of urea groups is 1. The third-order valence-electron chi connectivity index (χ3n) is 5.85. The molecule has 188 valence electrons. The number of hydrogen-bond donors (Lipinski definition) is 2. The number of nitrogens with zero attached hydrogens (tertiary/aromatic N) is 2. The van der Waals surface area contributed by atoms with Crippen molar-refractivity contribution in [1.29, 1.82) is 0 Å². The van der Waals surface area contributed by atoms with Crippen LogP contribution in [0.4, 0.5) is 14.9 Å². The van der Waals surface area contributed by atoms with Crippen LogP contribution in [0.3, 0.4) is 0 Å². The van der Waals surface area contributed by atoms with Crippen molar-refractivity contribution in [3.63, 3.8) is 0 Å². The van der Waals surface area contributed by atoms with Crippen molar-refractivity contribution in [2.75, 3.05) is 18.4 Å². The van der Waals surface area contributed by atoms with Gasteiger partial charge in [-0.05, 0) is 36.6 Å². The fourth-order valence-corrected chi connectivity index (χ4v) is 5.10. The lowest BCUT2D eigenvalue weighted by Gasteiger charge is -2.13. The first kappa shape index (κ1) is 24.4. The Labute approximate surface area is 216 Å². The lowest BCUT2D eigenvalue weighted by atomic mass is 10.1. The Bertz CT molecular complexity index is 1470. The Balaban J connectivity index is 1.25. The lowest BCUT2D eigenvalue weighted by molar-refractivity contribution is -0.119. The highest BCUT2D eigenvalue weighted by atomic mass is 32.1. The number of amides is 4. The molecule has 2 aromatic heterocycles. The number of ether oxygens (including phenoxy) is 1. The Morgan fingerprint density at radius 1 is 1.00 bits per heavy atom. The second-order valence-corrected chi connectivity index (χ2v) is 9.60. The normalized spacial score (nSPS) is 12.9. The van der Waals surface area contributed by atoms with Crippen molar-refractivity contribution in [2.45, 2.75) is 19.3 Å². The topological polar surface area (TPSA) is 101 Å². The van der Waals surface area contributed by atoms with Gasteiger partial charge in [-0.2, -0.15) is 0 Å². The molecule has 3 heterocycles. The van der Waals surface area contributed by atoms with Crippen LogP contribution in [0, 0.1) is 5.82 Å². The van der Waals surface area contributed by atoms with Crippen LogP contribution in [0.5, 0.6) is 11.5 Å². The lowest BCUT2D eigenvalue weighted by Crippen LogP contribution is -2.35. The van der Waals surface area contributed by atoms with E-state index in [-0.39, 0.29) is 23.8 Å². The predicted molar refractivity (Wildman–Crippen MR) is 139 cm³/mol. The molecular formula is C27H23FN4O4S. The summed E-state index contributed by atoms with van der Waals surface area (Å²) in [7, 11) is 0. The number of nitrogens with one attached hydrogen (secondary N) is 2. The number of likely N-dealkylation sites (tertiary alicyclic amines) is 1. The van der Waals surface area contributed by atoms with Gasteiger partial charge in [-0.1, -0.05) is 30.3 Å². The van der Waals surface area contributed by atoms with Crippen LogP contribution < -0.4 is 15.4 Å². The summed E-state index contributed by atoms with van der Waals surface area (Å²) in [5, 5.41) is 4.67. The number of aromatic nitrogens is 1. The third-order valence-corrected chi connectivity index (χ3v) is 6.98. The van der Waals surface area contributed by atoms with Gasteiger partial charge in [-0.3, -0.25) is 19.9 Å². The van der Waals surface area contributed by atoms with Crippen molar-refractivity contribution in [2.24, 2.45) is 0 Å². The zero-order valence-electron chi connectivity index (χ0n) is 19.7. The first-order valence-corrected chi connectivity index (χ1v) is 12.6. The molecule has 1 aliphatic rings. The molecule has 4 amide bonds. The molecule has 5 rings (SSSR count). The Morgan fingerprint density at radius 2 is 1.78 bits per heavy atom. The molecule has 37 heavy (non-hydrogen) atoms. The first-order valence-electron chi connectivity index (χ1n) is 11.8. The number of fused-ring (bicyclic) bond motifs is 1. The van der Waals surface area contributed by atoms with Gasteiger partial charge in [-0.15, -0.1) is 11.3 Å². The van der Waals surface area contributed by atoms with Crippen molar-refractivity contribution < 1.29 is 23.5 Å². The van der Waals surface area contributed by atoms with E-state index >= 15 is 0 Å². The minimum Gasteiger partial charge on any atom is -0.453 e. The van der Waals surface area contributed by atoms with Crippen molar-refractivity contribution >= 4 is 45.1 Å². The number of rotatable bonds is 6. The average molecular weight is 519 g/mol. The molecule has 8 nitrogen and oxygen atoms in total. The van der Waals surface area contributed by atoms with Crippen molar-refractivity contribution in [3.05, 3.63) is 83.1 Å². The summed E-state index contributed by atoms with van der Waals surface area (Å²) in [6, 6.07) is 15.5. The van der Waals surface area contributed by atoms with Crippen molar-refractivity contribution in [1.82, 2.24) is 15.2 Å². The number of carbonyl (C=O) groups excluding carboxylic acids is 3. The third kappa shape index (κ3) is 5.75. The molecule has 0 aliphatic carbocycles. The summed E-state index contributed by atoms with van der Waals surface area (Å²) < 4.78 is 21.3. The highest BCUT2D eigenvalue weighted by Gasteiger charge is 2.23. The molecule has 0 bridgehead atoms. The van der Waals surface area contributed by atoms with Crippen LogP contribution in [0.1, 0.15) is 28.1 Å². The molecule has 1 saturated heterocycles. The smallest absolute Gasteiger partial charge is 0.325 e. The van der Waals surface area contributed by atoms with E-state index in [4.69, 9.17) is 4.74 Å². The highest BCUT2D eigenvalue weighted by molar-refractivity contribution is 7.21. The predicted octanol–water partition coefficient (Wildman–Crippen LogP) is 5.35. The van der Waals surface area contributed by atoms with E-state index in [1.54, 1.807) is 42.6 Å². The SMILES string of the molecule is O=C(Cc1ccccc1)NC(=O)Nc1ccc(Oc2ccnc3cc(C(=O)N4CCCC4)sc23)c(F)c1. The first-order chi connectivity index (χ1) is 18.0. The monoisotopic (exact) mass is 518 g/mol. The maximum absolute atomic E-state index is 14.8. The molecule has 2 aromatic carbocycles. The number of benzene rings is 2. The summed E-state index contributed by atoms with van der Waals surface area (Å²) in [6.07, 6.45) is 3.58. The van der Waals surface area contributed by atoms with Gasteiger partial charge in [0.25, 0.3) is 5.91 Å². The number of thiophene rings is 1. The van der Waals surface area contributed by atoms with E-state index in [0.29, 0.717) is 20.8 Å². The Morgan fingerprint density at radius 3 is 2.54 bits per heavy atom. The Kier molecular flexibility index (Phi) is 7.09. The maximum atomic E-state index is 14.8. The van der Waals surface area contributed by atoms with E-state index in [0.717, 1.165) is 37.6 Å². The van der Waals surface area contributed by atoms with Gasteiger partial charge in [0, 0.05) is 37.1 Å². The van der Waals surface area contributed by atoms with Gasteiger partial charge in [0.15, 0.2) is 11.6 Å². The number of anilines is 1. The minimum absolute atomic E-state index is 0.0337. The van der Waals surface area contributed by atoms with Gasteiger partial charge in [-0.25, -0.2) is 9.18 Å².